The zero-order valence-corrected chi connectivity index (χ0v) is 24.5. The third-order valence-corrected chi connectivity index (χ3v) is 7.61. The van der Waals surface area contributed by atoms with Gasteiger partial charge in [0.15, 0.2) is 0 Å². The molecule has 242 valence electrons. The topological polar surface area (TPSA) is 326 Å². The molecule has 0 aliphatic rings. The van der Waals surface area contributed by atoms with Gasteiger partial charge in [-0.15, -0.1) is 0 Å². The highest BCUT2D eigenvalue weighted by Crippen LogP contribution is 2.24. The maximum Gasteiger partial charge on any atom is 0.323 e. The molecular weight excluding hydrogens is 620 g/mol. The molecule has 0 unspecified atom stereocenters. The molecule has 0 radical (unpaired) electrons. The van der Waals surface area contributed by atoms with Crippen molar-refractivity contribution in [3.05, 3.63) is 0 Å². The van der Waals surface area contributed by atoms with E-state index in [0.717, 1.165) is 28.5 Å². The molecule has 0 rings (SSSR count). The van der Waals surface area contributed by atoms with Crippen molar-refractivity contribution in [2.75, 3.05) is 24.6 Å². The fourth-order valence-corrected chi connectivity index (χ4v) is 5.22. The Morgan fingerprint density at radius 3 is 1.56 bits per heavy atom. The Balaban J connectivity index is 5.55. The number of carboxylic acid groups (broad SMARTS) is 4. The normalized spacial score (nSPS) is 13.4. The van der Waals surface area contributed by atoms with E-state index in [4.69, 9.17) is 31.9 Å². The van der Waals surface area contributed by atoms with E-state index in [9.17, 15) is 43.2 Å². The molecule has 0 heterocycles. The first-order valence-corrected chi connectivity index (χ1v) is 14.8. The number of carboxylic acids is 4. The van der Waals surface area contributed by atoms with Gasteiger partial charge in [0.05, 0.1) is 0 Å². The molecule has 0 spiro atoms. The van der Waals surface area contributed by atoms with Crippen molar-refractivity contribution in [2.45, 2.75) is 56.8 Å². The first-order valence-electron chi connectivity index (χ1n) is 12.3. The number of nitrogens with two attached hydrogens (primary N) is 2. The van der Waals surface area contributed by atoms with Crippen LogP contribution in [0.2, 0.25) is 0 Å². The van der Waals surface area contributed by atoms with Gasteiger partial charge in [-0.25, -0.2) is 0 Å². The van der Waals surface area contributed by atoms with Crippen LogP contribution in [-0.2, 0) is 43.2 Å². The molecule has 0 saturated carbocycles. The van der Waals surface area contributed by atoms with Gasteiger partial charge in [0.1, 0.15) is 37.3 Å². The molecule has 5 amide bonds. The molecule has 0 fully saturated rings. The van der Waals surface area contributed by atoms with Gasteiger partial charge in [-0.3, -0.25) is 48.1 Å². The lowest BCUT2D eigenvalue weighted by atomic mass is 10.1. The van der Waals surface area contributed by atoms with E-state index >= 15 is 0 Å². The van der Waals surface area contributed by atoms with Crippen molar-refractivity contribution in [1.82, 2.24) is 20.9 Å². The smallest absolute Gasteiger partial charge is 0.323 e. The summed E-state index contributed by atoms with van der Waals surface area (Å²) in [6, 6.07) is -5.52. The van der Waals surface area contributed by atoms with Gasteiger partial charge in [0, 0.05) is 31.3 Å². The summed E-state index contributed by atoms with van der Waals surface area (Å²) < 4.78 is 0. The van der Waals surface area contributed by atoms with E-state index in [2.05, 4.69) is 16.0 Å². The number of amides is 5. The molecular formula is C22H34N6O13S2. The first kappa shape index (κ1) is 39.0. The molecule has 43 heavy (non-hydrogen) atoms. The first-order chi connectivity index (χ1) is 20.0. The number of carbonyl (C=O) groups is 9. The lowest BCUT2D eigenvalue weighted by molar-refractivity contribution is -0.152. The van der Waals surface area contributed by atoms with E-state index in [0.29, 0.717) is 4.90 Å². The lowest BCUT2D eigenvalue weighted by Gasteiger charge is -2.24. The Hall–Kier alpha value is -3.95. The van der Waals surface area contributed by atoms with Crippen LogP contribution >= 0.6 is 21.6 Å². The average molecular weight is 655 g/mol. The molecule has 0 saturated heterocycles. The average Bonchev–Trinajstić information content (AvgIpc) is 2.91. The number of hydrogen-bond donors (Lipinski definition) is 9. The Bertz CT molecular complexity index is 1080. The van der Waals surface area contributed by atoms with Crippen molar-refractivity contribution in [2.24, 2.45) is 11.5 Å². The largest absolute Gasteiger partial charge is 0.480 e. The number of aliphatic carboxylic acids is 4. The molecule has 4 atom stereocenters. The fourth-order valence-electron chi connectivity index (χ4n) is 2.90. The third-order valence-electron chi connectivity index (χ3n) is 5.19. The van der Waals surface area contributed by atoms with E-state index in [1.807, 2.05) is 0 Å². The third kappa shape index (κ3) is 16.9. The number of nitrogens with one attached hydrogen (secondary N) is 3. The molecule has 21 heteroatoms. The summed E-state index contributed by atoms with van der Waals surface area (Å²) in [5.74, 6) is -10.6. The second-order valence-corrected chi connectivity index (χ2v) is 11.3. The number of carbonyl (C=O) groups excluding carboxylic acids is 5. The second-order valence-electron chi connectivity index (χ2n) is 8.72. The summed E-state index contributed by atoms with van der Waals surface area (Å²) in [6.45, 7) is -0.850. The Morgan fingerprint density at radius 2 is 1.16 bits per heavy atom. The lowest BCUT2D eigenvalue weighted by Crippen LogP contribution is -2.52. The van der Waals surface area contributed by atoms with Crippen molar-refractivity contribution in [3.63, 3.8) is 0 Å². The molecule has 0 aliphatic carbocycles. The summed E-state index contributed by atoms with van der Waals surface area (Å²) in [5.41, 5.74) is 10.7. The quantitative estimate of drug-likeness (QED) is 0.0426. The maximum atomic E-state index is 13.0. The van der Waals surface area contributed by atoms with Crippen LogP contribution in [0.15, 0.2) is 0 Å². The number of imide groups is 1. The van der Waals surface area contributed by atoms with Crippen LogP contribution in [0.1, 0.15) is 32.6 Å². The number of rotatable bonds is 21. The Labute approximate surface area is 252 Å². The summed E-state index contributed by atoms with van der Waals surface area (Å²) in [5, 5.41) is 42.3. The van der Waals surface area contributed by atoms with Crippen LogP contribution in [0, 0.1) is 0 Å². The van der Waals surface area contributed by atoms with Crippen LogP contribution in [0.25, 0.3) is 0 Å². The Kier molecular flexibility index (Phi) is 18.2. The van der Waals surface area contributed by atoms with Crippen LogP contribution in [-0.4, -0.2) is 128 Å². The zero-order valence-electron chi connectivity index (χ0n) is 22.8. The molecule has 11 N–H and O–H groups in total. The van der Waals surface area contributed by atoms with E-state index in [-0.39, 0.29) is 30.8 Å². The maximum absolute atomic E-state index is 13.0. The monoisotopic (exact) mass is 654 g/mol. The predicted molar refractivity (Wildman–Crippen MR) is 149 cm³/mol. The van der Waals surface area contributed by atoms with E-state index in [1.165, 1.54) is 0 Å². The highest BCUT2D eigenvalue weighted by Gasteiger charge is 2.31. The van der Waals surface area contributed by atoms with Gasteiger partial charge in [-0.2, -0.15) is 0 Å². The number of nitrogens with zero attached hydrogens (tertiary/aromatic N) is 1. The van der Waals surface area contributed by atoms with E-state index < -0.39 is 97.1 Å². The van der Waals surface area contributed by atoms with E-state index in [1.54, 1.807) is 0 Å². The predicted octanol–water partition coefficient (Wildman–Crippen LogP) is -3.62. The van der Waals surface area contributed by atoms with Crippen molar-refractivity contribution in [1.29, 1.82) is 0 Å². The fraction of sp³-hybridized carbons (Fsp3) is 0.591. The van der Waals surface area contributed by atoms with Gasteiger partial charge in [-0.1, -0.05) is 21.6 Å². The van der Waals surface area contributed by atoms with Gasteiger partial charge >= 0.3 is 23.9 Å². The molecule has 0 aromatic rings. The van der Waals surface area contributed by atoms with Gasteiger partial charge in [0.2, 0.25) is 23.6 Å². The zero-order chi connectivity index (χ0) is 33.3. The number of hydrogen-bond acceptors (Lipinski definition) is 13. The van der Waals surface area contributed by atoms with Gasteiger partial charge in [0.25, 0.3) is 5.91 Å². The minimum absolute atomic E-state index is 0.222. The van der Waals surface area contributed by atoms with Crippen LogP contribution in [0.5, 0.6) is 0 Å². The summed E-state index contributed by atoms with van der Waals surface area (Å²) >= 11 is 0. The molecule has 19 nitrogen and oxygen atoms in total. The molecule has 0 bridgehead atoms. The molecule has 0 aromatic heterocycles. The van der Waals surface area contributed by atoms with Crippen LogP contribution in [0.3, 0.4) is 0 Å². The summed E-state index contributed by atoms with van der Waals surface area (Å²) in [6.07, 6.45) is -1.33. The molecule has 0 aromatic carbocycles. The second kappa shape index (κ2) is 20.0. The van der Waals surface area contributed by atoms with Gasteiger partial charge in [-0.05, 0) is 12.8 Å². The SMILES string of the molecule is CC(=O)N(CC(=O)O)C(=O)[C@H](CSSC[C@H](NC(=O)CC[C@H](N)C(=O)O)C(=O)NCC(=O)O)NC(=O)CC[C@H](N)C(=O)O. The minimum Gasteiger partial charge on any atom is -0.480 e. The summed E-state index contributed by atoms with van der Waals surface area (Å²) in [7, 11) is 1.74. The van der Waals surface area contributed by atoms with Crippen molar-refractivity contribution in [3.8, 4) is 0 Å². The van der Waals surface area contributed by atoms with Crippen molar-refractivity contribution >= 4 is 75.0 Å². The van der Waals surface area contributed by atoms with Crippen molar-refractivity contribution < 1.29 is 63.6 Å². The standard InChI is InChI=1S/C22H34N6O13S2/c1-10(29)28(7-18(34)35)20(37)14(27-16(31)5-3-12(24)22(40)41)9-43-42-8-13(19(36)25-6-17(32)33)26-15(30)4-2-11(23)21(38)39/h11-14H,2-9,23-24H2,1H3,(H,25,36)(H,26,30)(H,27,31)(H,32,33)(H,34,35)(H,38,39)(H,40,41)/t11-,12-,13-,14-/m0/s1. The van der Waals surface area contributed by atoms with Crippen LogP contribution < -0.4 is 27.4 Å². The van der Waals surface area contributed by atoms with Gasteiger partial charge < -0.3 is 47.8 Å². The highest BCUT2D eigenvalue weighted by molar-refractivity contribution is 8.76. The summed E-state index contributed by atoms with van der Waals surface area (Å²) in [4.78, 5) is 106. The highest BCUT2D eigenvalue weighted by atomic mass is 33.1. The van der Waals surface area contributed by atoms with Crippen LogP contribution in [0.4, 0.5) is 0 Å². The minimum atomic E-state index is -1.52. The Morgan fingerprint density at radius 1 is 0.721 bits per heavy atom. The molecule has 0 aliphatic heterocycles.